The Kier molecular flexibility index (Phi) is 11.3. The molecule has 1 heterocycles. The SMILES string of the molecule is COc1cccc(S(=O)(=O)N2CCC(CNC(=O)N[C]3CCCCCCC3)C2)c1.[CH2].[CH2]. The molecule has 2 amide bonds. The lowest BCUT2D eigenvalue weighted by molar-refractivity contribution is 0.238. The van der Waals surface area contributed by atoms with Gasteiger partial charge in [0.05, 0.1) is 18.0 Å². The maximum Gasteiger partial charge on any atom is 0.315 e. The third-order valence-corrected chi connectivity index (χ3v) is 7.59. The first kappa shape index (κ1) is 27.2. The zero-order valence-electron chi connectivity index (χ0n) is 18.6. The van der Waals surface area contributed by atoms with E-state index < -0.39 is 10.0 Å². The van der Waals surface area contributed by atoms with Crippen molar-refractivity contribution < 1.29 is 17.9 Å². The van der Waals surface area contributed by atoms with Gasteiger partial charge in [-0.3, -0.25) is 0 Å². The minimum absolute atomic E-state index is 0. The summed E-state index contributed by atoms with van der Waals surface area (Å²) in [4.78, 5) is 12.5. The van der Waals surface area contributed by atoms with E-state index in [1.807, 2.05) is 0 Å². The number of hydrogen-bond acceptors (Lipinski definition) is 4. The van der Waals surface area contributed by atoms with Gasteiger partial charge in [0, 0.05) is 25.7 Å². The molecule has 2 fully saturated rings. The fourth-order valence-electron chi connectivity index (χ4n) is 3.99. The molecule has 2 aliphatic rings. The average molecular weight is 451 g/mol. The fourth-order valence-corrected chi connectivity index (χ4v) is 5.56. The van der Waals surface area contributed by atoms with Crippen LogP contribution >= 0.6 is 0 Å². The molecular formula is C23H36N3O4S. The molecule has 1 aliphatic heterocycles. The summed E-state index contributed by atoms with van der Waals surface area (Å²) in [7, 11) is -2.03. The largest absolute Gasteiger partial charge is 0.497 e. The van der Waals surface area contributed by atoms with Crippen LogP contribution < -0.4 is 15.4 Å². The van der Waals surface area contributed by atoms with Crippen molar-refractivity contribution in [3.63, 3.8) is 0 Å². The van der Waals surface area contributed by atoms with Crippen molar-refractivity contribution in [2.75, 3.05) is 26.7 Å². The van der Waals surface area contributed by atoms with Crippen molar-refractivity contribution >= 4 is 16.1 Å². The van der Waals surface area contributed by atoms with Gasteiger partial charge in [-0.15, -0.1) is 0 Å². The Bertz CT molecular complexity index is 777. The number of rotatable bonds is 6. The monoisotopic (exact) mass is 450 g/mol. The number of benzene rings is 1. The maximum atomic E-state index is 12.9. The summed E-state index contributed by atoms with van der Waals surface area (Å²) in [6, 6.07) is 7.48. The number of methoxy groups -OCH3 is 1. The van der Waals surface area contributed by atoms with E-state index in [-0.39, 0.29) is 31.7 Å². The number of amides is 2. The fraction of sp³-hybridized carbons (Fsp3) is 0.565. The highest BCUT2D eigenvalue weighted by molar-refractivity contribution is 7.89. The molecule has 8 heteroatoms. The number of sulfonamides is 1. The Morgan fingerprint density at radius 1 is 1.13 bits per heavy atom. The first-order valence-electron chi connectivity index (χ1n) is 10.5. The van der Waals surface area contributed by atoms with E-state index in [2.05, 4.69) is 10.6 Å². The predicted molar refractivity (Wildman–Crippen MR) is 123 cm³/mol. The highest BCUT2D eigenvalue weighted by atomic mass is 32.2. The maximum absolute atomic E-state index is 12.9. The number of urea groups is 1. The van der Waals surface area contributed by atoms with Crippen LogP contribution in [0.3, 0.4) is 0 Å². The second-order valence-corrected chi connectivity index (χ2v) is 9.84. The van der Waals surface area contributed by atoms with E-state index in [0.717, 1.165) is 38.1 Å². The van der Waals surface area contributed by atoms with Crippen LogP contribution in [0.5, 0.6) is 5.75 Å². The second kappa shape index (κ2) is 12.9. The van der Waals surface area contributed by atoms with Gasteiger partial charge in [0.15, 0.2) is 0 Å². The highest BCUT2D eigenvalue weighted by Gasteiger charge is 2.33. The Labute approximate surface area is 189 Å². The van der Waals surface area contributed by atoms with Crippen LogP contribution in [-0.2, 0) is 10.0 Å². The minimum atomic E-state index is -3.55. The summed E-state index contributed by atoms with van der Waals surface area (Å²) in [5, 5.41) is 5.94. The zero-order chi connectivity index (χ0) is 20.7. The molecule has 1 atom stereocenters. The van der Waals surface area contributed by atoms with Crippen LogP contribution in [0, 0.1) is 26.8 Å². The van der Waals surface area contributed by atoms with Crippen LogP contribution in [0.25, 0.3) is 0 Å². The molecule has 3 rings (SSSR count). The van der Waals surface area contributed by atoms with Crippen LogP contribution in [-0.4, -0.2) is 45.5 Å². The van der Waals surface area contributed by atoms with E-state index >= 15 is 0 Å². The first-order valence-corrected chi connectivity index (χ1v) is 12.0. The standard InChI is InChI=1S/C21H32N3O4S.2CH2/c1-28-19-10-7-11-20(14-19)29(26,27)24-13-12-17(16-24)15-22-21(25)23-18-8-5-3-2-4-6-9-18;;/h7,10-11,14,17H,2-6,8-9,12-13,15-16H2,1H3,(H2,22,23,25);2*1H2. The summed E-state index contributed by atoms with van der Waals surface area (Å²) in [5.41, 5.74) is 0. The topological polar surface area (TPSA) is 87.7 Å². The van der Waals surface area contributed by atoms with E-state index in [9.17, 15) is 13.2 Å². The normalized spacial score (nSPS) is 20.5. The minimum Gasteiger partial charge on any atom is -0.497 e. The summed E-state index contributed by atoms with van der Waals surface area (Å²) in [6.45, 7) is 1.35. The van der Waals surface area contributed by atoms with Gasteiger partial charge in [0.25, 0.3) is 0 Å². The van der Waals surface area contributed by atoms with Gasteiger partial charge in [0.2, 0.25) is 10.0 Å². The molecule has 31 heavy (non-hydrogen) atoms. The van der Waals surface area contributed by atoms with Crippen molar-refractivity contribution in [1.29, 1.82) is 0 Å². The van der Waals surface area contributed by atoms with Gasteiger partial charge in [0.1, 0.15) is 5.75 Å². The zero-order valence-corrected chi connectivity index (χ0v) is 19.4. The summed E-state index contributed by atoms with van der Waals surface area (Å²) in [6.07, 6.45) is 8.67. The number of carbonyl (C=O) groups is 1. The van der Waals surface area contributed by atoms with Crippen molar-refractivity contribution in [2.45, 2.75) is 56.3 Å². The molecule has 1 aromatic carbocycles. The lowest BCUT2D eigenvalue weighted by Gasteiger charge is -2.21. The van der Waals surface area contributed by atoms with Gasteiger partial charge in [-0.25, -0.2) is 13.2 Å². The van der Waals surface area contributed by atoms with Crippen LogP contribution in [0.2, 0.25) is 0 Å². The lowest BCUT2D eigenvalue weighted by atomic mass is 9.97. The molecule has 5 radical (unpaired) electrons. The molecule has 1 aliphatic carbocycles. The van der Waals surface area contributed by atoms with Crippen molar-refractivity contribution in [3.05, 3.63) is 45.2 Å². The van der Waals surface area contributed by atoms with Crippen molar-refractivity contribution in [3.8, 4) is 5.75 Å². The number of nitrogens with zero attached hydrogens (tertiary/aromatic N) is 1. The molecule has 0 aromatic heterocycles. The van der Waals surface area contributed by atoms with Crippen LogP contribution in [0.4, 0.5) is 4.79 Å². The molecule has 0 spiro atoms. The van der Waals surface area contributed by atoms with E-state index in [1.165, 1.54) is 30.7 Å². The number of ether oxygens (including phenoxy) is 1. The van der Waals surface area contributed by atoms with Gasteiger partial charge >= 0.3 is 6.03 Å². The van der Waals surface area contributed by atoms with Crippen molar-refractivity contribution in [1.82, 2.24) is 14.9 Å². The number of nitrogens with one attached hydrogen (secondary N) is 2. The van der Waals surface area contributed by atoms with E-state index in [0.29, 0.717) is 25.4 Å². The van der Waals surface area contributed by atoms with E-state index in [1.54, 1.807) is 24.3 Å². The van der Waals surface area contributed by atoms with Gasteiger partial charge < -0.3 is 15.4 Å². The first-order chi connectivity index (χ1) is 14.0. The van der Waals surface area contributed by atoms with Gasteiger partial charge in [-0.2, -0.15) is 4.31 Å². The van der Waals surface area contributed by atoms with Gasteiger partial charge in [-0.05, 0) is 37.3 Å². The third kappa shape index (κ3) is 7.68. The molecule has 7 nitrogen and oxygen atoms in total. The van der Waals surface area contributed by atoms with Crippen LogP contribution in [0.1, 0.15) is 51.4 Å². The molecule has 1 unspecified atom stereocenters. The lowest BCUT2D eigenvalue weighted by Crippen LogP contribution is -2.41. The predicted octanol–water partition coefficient (Wildman–Crippen LogP) is 3.94. The Morgan fingerprint density at radius 3 is 2.48 bits per heavy atom. The summed E-state index contributed by atoms with van der Waals surface area (Å²) in [5.74, 6) is 0.635. The van der Waals surface area contributed by atoms with Gasteiger partial charge in [-0.1, -0.05) is 53.0 Å². The summed E-state index contributed by atoms with van der Waals surface area (Å²) < 4.78 is 32.4. The molecule has 2 N–H and O–H groups in total. The third-order valence-electron chi connectivity index (χ3n) is 5.73. The van der Waals surface area contributed by atoms with Crippen LogP contribution in [0.15, 0.2) is 29.2 Å². The average Bonchev–Trinajstić information content (AvgIpc) is 3.18. The van der Waals surface area contributed by atoms with Crippen molar-refractivity contribution in [2.24, 2.45) is 5.92 Å². The highest BCUT2D eigenvalue weighted by Crippen LogP contribution is 2.26. The molecule has 173 valence electrons. The number of hydrogen-bond donors (Lipinski definition) is 2. The Hall–Kier alpha value is -1.80. The smallest absolute Gasteiger partial charge is 0.315 e. The summed E-state index contributed by atoms with van der Waals surface area (Å²) >= 11 is 0. The Morgan fingerprint density at radius 2 is 1.81 bits per heavy atom. The molecule has 1 saturated heterocycles. The quantitative estimate of drug-likeness (QED) is 0.687. The second-order valence-electron chi connectivity index (χ2n) is 7.90. The molecular weight excluding hydrogens is 414 g/mol. The molecule has 1 aromatic rings. The van der Waals surface area contributed by atoms with E-state index in [4.69, 9.17) is 4.74 Å². The Balaban J connectivity index is 0.00000240. The number of carbonyl (C=O) groups excluding carboxylic acids is 1. The molecule has 1 saturated carbocycles. The molecule has 0 bridgehead atoms.